The van der Waals surface area contributed by atoms with E-state index in [0.29, 0.717) is 17.8 Å². The van der Waals surface area contributed by atoms with Crippen molar-refractivity contribution in [3.8, 4) is 0 Å². The fourth-order valence-electron chi connectivity index (χ4n) is 2.41. The second-order valence-electron chi connectivity index (χ2n) is 6.09. The molecular weight excluding hydrogens is 374 g/mol. The van der Waals surface area contributed by atoms with Crippen molar-refractivity contribution in [1.29, 1.82) is 0 Å². The number of rotatable bonds is 9. The summed E-state index contributed by atoms with van der Waals surface area (Å²) >= 11 is 0. The quantitative estimate of drug-likeness (QED) is 0.552. The first-order valence-corrected chi connectivity index (χ1v) is 9.12. The van der Waals surface area contributed by atoms with Crippen LogP contribution in [0.25, 0.3) is 0 Å². The van der Waals surface area contributed by atoms with E-state index in [1.165, 1.54) is 6.07 Å². The first-order chi connectivity index (χ1) is 14.0. The van der Waals surface area contributed by atoms with Crippen LogP contribution in [0.4, 0.5) is 5.69 Å². The molecule has 3 N–H and O–H groups in total. The van der Waals surface area contributed by atoms with Crippen LogP contribution < -0.4 is 16.0 Å². The normalized spacial score (nSPS) is 9.97. The van der Waals surface area contributed by atoms with Gasteiger partial charge in [-0.15, -0.1) is 0 Å². The van der Waals surface area contributed by atoms with E-state index >= 15 is 0 Å². The lowest BCUT2D eigenvalue weighted by Crippen LogP contribution is -2.33. The van der Waals surface area contributed by atoms with Gasteiger partial charge in [0, 0.05) is 17.8 Å². The fourth-order valence-corrected chi connectivity index (χ4v) is 2.41. The number of ether oxygens (including phenoxy) is 1. The molecule has 0 spiro atoms. The van der Waals surface area contributed by atoms with E-state index in [-0.39, 0.29) is 24.8 Å². The highest BCUT2D eigenvalue weighted by atomic mass is 16.5. The summed E-state index contributed by atoms with van der Waals surface area (Å²) in [6, 6.07) is 15.5. The number of hydrogen-bond donors (Lipinski definition) is 3. The van der Waals surface area contributed by atoms with Crippen LogP contribution in [0.1, 0.15) is 22.8 Å². The van der Waals surface area contributed by atoms with Crippen LogP contribution in [0.2, 0.25) is 0 Å². The smallest absolute Gasteiger partial charge is 0.325 e. The summed E-state index contributed by atoms with van der Waals surface area (Å²) in [4.78, 5) is 47.2. The summed E-state index contributed by atoms with van der Waals surface area (Å²) in [7, 11) is 0. The van der Waals surface area contributed by atoms with Gasteiger partial charge in [-0.1, -0.05) is 36.4 Å². The molecule has 0 aliphatic rings. The number of benzene rings is 2. The van der Waals surface area contributed by atoms with E-state index in [2.05, 4.69) is 16.0 Å². The van der Waals surface area contributed by atoms with Gasteiger partial charge in [0.05, 0.1) is 6.42 Å². The molecule has 0 heterocycles. The highest BCUT2D eigenvalue weighted by molar-refractivity contribution is 5.97. The van der Waals surface area contributed by atoms with Crippen LogP contribution in [0.5, 0.6) is 0 Å². The van der Waals surface area contributed by atoms with Crippen molar-refractivity contribution in [3.05, 3.63) is 65.7 Å². The molecular formula is C21H23N3O5. The SMILES string of the molecule is CCNC(=O)c1cccc(NC(=O)COC(=O)CNC(=O)Cc2ccccc2)c1. The summed E-state index contributed by atoms with van der Waals surface area (Å²) < 4.78 is 4.85. The standard InChI is InChI=1S/C21H23N3O5/c1-2-22-21(28)16-9-6-10-17(12-16)24-19(26)14-29-20(27)13-23-18(25)11-15-7-4-3-5-8-15/h3-10,12H,2,11,13-14H2,1H3,(H,22,28)(H,23,25)(H,24,26). The number of amides is 3. The molecule has 29 heavy (non-hydrogen) atoms. The molecule has 0 saturated heterocycles. The molecule has 8 heteroatoms. The molecule has 152 valence electrons. The second-order valence-corrected chi connectivity index (χ2v) is 6.09. The molecule has 0 fully saturated rings. The van der Waals surface area contributed by atoms with Gasteiger partial charge in [-0.2, -0.15) is 0 Å². The lowest BCUT2D eigenvalue weighted by molar-refractivity contribution is -0.147. The Labute approximate surface area is 168 Å². The van der Waals surface area contributed by atoms with Crippen molar-refractivity contribution >= 4 is 29.4 Å². The first kappa shape index (κ1) is 21.6. The van der Waals surface area contributed by atoms with E-state index in [1.807, 2.05) is 37.3 Å². The highest BCUT2D eigenvalue weighted by Crippen LogP contribution is 2.10. The van der Waals surface area contributed by atoms with Crippen LogP contribution in [-0.4, -0.2) is 43.4 Å². The highest BCUT2D eigenvalue weighted by Gasteiger charge is 2.11. The lowest BCUT2D eigenvalue weighted by atomic mass is 10.1. The van der Waals surface area contributed by atoms with Crippen molar-refractivity contribution in [2.75, 3.05) is 25.0 Å². The summed E-state index contributed by atoms with van der Waals surface area (Å²) in [6.07, 6.45) is 0.149. The van der Waals surface area contributed by atoms with Gasteiger partial charge < -0.3 is 20.7 Å². The summed E-state index contributed by atoms with van der Waals surface area (Å²) in [6.45, 7) is 1.47. The average molecular weight is 397 g/mol. The number of anilines is 1. The molecule has 2 aromatic carbocycles. The van der Waals surface area contributed by atoms with Gasteiger partial charge in [0.1, 0.15) is 6.54 Å². The van der Waals surface area contributed by atoms with E-state index in [0.717, 1.165) is 5.56 Å². The number of carbonyl (C=O) groups is 4. The minimum absolute atomic E-state index is 0.149. The van der Waals surface area contributed by atoms with Crippen LogP contribution in [0, 0.1) is 0 Å². The number of carbonyl (C=O) groups excluding carboxylic acids is 4. The summed E-state index contributed by atoms with van der Waals surface area (Å²) in [5, 5.41) is 7.66. The number of hydrogen-bond acceptors (Lipinski definition) is 5. The van der Waals surface area contributed by atoms with Gasteiger partial charge in [0.15, 0.2) is 6.61 Å². The predicted octanol–water partition coefficient (Wildman–Crippen LogP) is 1.28. The molecule has 2 rings (SSSR count). The summed E-state index contributed by atoms with van der Waals surface area (Å²) in [5.74, 6) is -1.85. The van der Waals surface area contributed by atoms with E-state index < -0.39 is 18.5 Å². The van der Waals surface area contributed by atoms with Crippen molar-refractivity contribution in [3.63, 3.8) is 0 Å². The molecule has 0 unspecified atom stereocenters. The zero-order valence-corrected chi connectivity index (χ0v) is 16.1. The minimum Gasteiger partial charge on any atom is -0.454 e. The number of esters is 1. The molecule has 2 aromatic rings. The largest absolute Gasteiger partial charge is 0.454 e. The molecule has 0 aromatic heterocycles. The average Bonchev–Trinajstić information content (AvgIpc) is 2.72. The van der Waals surface area contributed by atoms with Gasteiger partial charge in [-0.3, -0.25) is 19.2 Å². The fraction of sp³-hybridized carbons (Fsp3) is 0.238. The van der Waals surface area contributed by atoms with Gasteiger partial charge in [0.25, 0.3) is 11.8 Å². The second kappa shape index (κ2) is 11.2. The topological polar surface area (TPSA) is 114 Å². The van der Waals surface area contributed by atoms with E-state index in [4.69, 9.17) is 4.74 Å². The van der Waals surface area contributed by atoms with Crippen LogP contribution in [-0.2, 0) is 25.5 Å². The zero-order chi connectivity index (χ0) is 21.1. The van der Waals surface area contributed by atoms with E-state index in [1.54, 1.807) is 18.2 Å². The Morgan fingerprint density at radius 3 is 2.38 bits per heavy atom. The molecule has 0 radical (unpaired) electrons. The van der Waals surface area contributed by atoms with Crippen molar-refractivity contribution in [2.24, 2.45) is 0 Å². The maximum Gasteiger partial charge on any atom is 0.325 e. The Balaban J connectivity index is 1.72. The van der Waals surface area contributed by atoms with Crippen molar-refractivity contribution in [1.82, 2.24) is 10.6 Å². The molecule has 8 nitrogen and oxygen atoms in total. The van der Waals surface area contributed by atoms with Crippen LogP contribution >= 0.6 is 0 Å². The third kappa shape index (κ3) is 7.84. The Kier molecular flexibility index (Phi) is 8.37. The van der Waals surface area contributed by atoms with Gasteiger partial charge >= 0.3 is 5.97 Å². The number of nitrogens with one attached hydrogen (secondary N) is 3. The predicted molar refractivity (Wildman–Crippen MR) is 107 cm³/mol. The van der Waals surface area contributed by atoms with Gasteiger partial charge in [-0.05, 0) is 30.7 Å². The molecule has 0 saturated carbocycles. The zero-order valence-electron chi connectivity index (χ0n) is 16.1. The third-order valence-corrected chi connectivity index (χ3v) is 3.75. The first-order valence-electron chi connectivity index (χ1n) is 9.12. The maximum atomic E-state index is 11.9. The Morgan fingerprint density at radius 2 is 1.66 bits per heavy atom. The lowest BCUT2D eigenvalue weighted by Gasteiger charge is -2.09. The Morgan fingerprint density at radius 1 is 0.897 bits per heavy atom. The third-order valence-electron chi connectivity index (χ3n) is 3.75. The minimum atomic E-state index is -0.724. The Bertz CT molecular complexity index is 868. The Hall–Kier alpha value is -3.68. The van der Waals surface area contributed by atoms with Crippen molar-refractivity contribution < 1.29 is 23.9 Å². The monoisotopic (exact) mass is 397 g/mol. The molecule has 0 aliphatic carbocycles. The van der Waals surface area contributed by atoms with Gasteiger partial charge in [0.2, 0.25) is 5.91 Å². The van der Waals surface area contributed by atoms with Crippen molar-refractivity contribution in [2.45, 2.75) is 13.3 Å². The van der Waals surface area contributed by atoms with Crippen LogP contribution in [0.15, 0.2) is 54.6 Å². The summed E-state index contributed by atoms with van der Waals surface area (Å²) in [5.41, 5.74) is 1.64. The maximum absolute atomic E-state index is 11.9. The molecule has 0 bridgehead atoms. The van der Waals surface area contributed by atoms with E-state index in [9.17, 15) is 19.2 Å². The molecule has 3 amide bonds. The molecule has 0 atom stereocenters. The van der Waals surface area contributed by atoms with Gasteiger partial charge in [-0.25, -0.2) is 0 Å². The van der Waals surface area contributed by atoms with Crippen LogP contribution in [0.3, 0.4) is 0 Å². The molecule has 0 aliphatic heterocycles.